The predicted molar refractivity (Wildman–Crippen MR) is 69.0 cm³/mol. The number of hydrogen-bond donors (Lipinski definition) is 1. The van der Waals surface area contributed by atoms with Crippen LogP contribution in [0.15, 0.2) is 12.4 Å². The number of nitrogens with one attached hydrogen (secondary N) is 1. The van der Waals surface area contributed by atoms with Crippen molar-refractivity contribution in [3.8, 4) is 0 Å². The van der Waals surface area contributed by atoms with Gasteiger partial charge in [0.05, 0.1) is 0 Å². The van der Waals surface area contributed by atoms with E-state index in [4.69, 9.17) is 4.74 Å². The lowest BCUT2D eigenvalue weighted by Crippen LogP contribution is -2.16. The molecule has 1 aromatic rings. The average Bonchev–Trinajstić information content (AvgIpc) is 3.28. The summed E-state index contributed by atoms with van der Waals surface area (Å²) in [6.45, 7) is 3.65. The Morgan fingerprint density at radius 3 is 2.56 bits per heavy atom. The molecule has 0 saturated heterocycles. The minimum atomic E-state index is 0.112. The molecule has 0 aromatic carbocycles. The van der Waals surface area contributed by atoms with Crippen LogP contribution in [0.5, 0.6) is 0 Å². The first-order valence-corrected chi connectivity index (χ1v) is 7.02. The maximum absolute atomic E-state index is 5.76. The van der Waals surface area contributed by atoms with E-state index in [0.717, 1.165) is 30.6 Å². The minimum Gasteiger partial charge on any atom is -0.370 e. The van der Waals surface area contributed by atoms with E-state index in [1.54, 1.807) is 0 Å². The van der Waals surface area contributed by atoms with Crippen LogP contribution in [0.25, 0.3) is 0 Å². The van der Waals surface area contributed by atoms with Gasteiger partial charge in [0.15, 0.2) is 5.82 Å². The molecular weight excluding hydrogens is 226 g/mol. The van der Waals surface area contributed by atoms with Gasteiger partial charge >= 0.3 is 0 Å². The topological polar surface area (TPSA) is 47.0 Å². The van der Waals surface area contributed by atoms with Gasteiger partial charge in [0.2, 0.25) is 0 Å². The smallest absolute Gasteiger partial charge is 0.157 e. The van der Waals surface area contributed by atoms with Crippen LogP contribution in [-0.2, 0) is 11.3 Å². The van der Waals surface area contributed by atoms with E-state index >= 15 is 0 Å². The first-order chi connectivity index (χ1) is 8.86. The van der Waals surface area contributed by atoms with Gasteiger partial charge in [-0.2, -0.15) is 0 Å². The summed E-state index contributed by atoms with van der Waals surface area (Å²) in [4.78, 5) is 8.96. The van der Waals surface area contributed by atoms with Crippen molar-refractivity contribution in [1.29, 1.82) is 0 Å². The number of rotatable bonds is 7. The quantitative estimate of drug-likeness (QED) is 0.802. The zero-order valence-electron chi connectivity index (χ0n) is 10.9. The molecule has 2 aliphatic rings. The molecule has 2 aliphatic carbocycles. The number of hydrogen-bond acceptors (Lipinski definition) is 4. The maximum Gasteiger partial charge on any atom is 0.157 e. The average molecular weight is 247 g/mol. The van der Waals surface area contributed by atoms with Gasteiger partial charge in [-0.1, -0.05) is 0 Å². The van der Waals surface area contributed by atoms with Crippen molar-refractivity contribution in [3.63, 3.8) is 0 Å². The molecule has 1 heterocycles. The molecule has 1 unspecified atom stereocenters. The van der Waals surface area contributed by atoms with Gasteiger partial charge in [-0.3, -0.25) is 0 Å². The van der Waals surface area contributed by atoms with Crippen LogP contribution in [0.1, 0.15) is 50.1 Å². The second-order valence-corrected chi connectivity index (χ2v) is 5.32. The van der Waals surface area contributed by atoms with Crippen LogP contribution in [0.2, 0.25) is 0 Å². The van der Waals surface area contributed by atoms with Crippen LogP contribution < -0.4 is 5.32 Å². The highest BCUT2D eigenvalue weighted by molar-refractivity contribution is 5.08. The van der Waals surface area contributed by atoms with Crippen molar-refractivity contribution in [2.75, 3.05) is 6.61 Å². The zero-order valence-corrected chi connectivity index (χ0v) is 10.9. The molecule has 0 radical (unpaired) electrons. The summed E-state index contributed by atoms with van der Waals surface area (Å²) < 4.78 is 5.76. The summed E-state index contributed by atoms with van der Waals surface area (Å²) in [5, 5.41) is 3.47. The first kappa shape index (κ1) is 12.1. The van der Waals surface area contributed by atoms with Crippen molar-refractivity contribution in [1.82, 2.24) is 15.3 Å². The Bertz CT molecular complexity index is 385. The molecule has 3 rings (SSSR count). The Kier molecular flexibility index (Phi) is 3.57. The Morgan fingerprint density at radius 2 is 2.00 bits per heavy atom. The summed E-state index contributed by atoms with van der Waals surface area (Å²) in [6.07, 6.45) is 9.11. The van der Waals surface area contributed by atoms with E-state index in [-0.39, 0.29) is 6.10 Å². The van der Waals surface area contributed by atoms with Crippen molar-refractivity contribution >= 4 is 0 Å². The molecule has 2 fully saturated rings. The van der Waals surface area contributed by atoms with Crippen LogP contribution in [0.3, 0.4) is 0 Å². The molecule has 4 nitrogen and oxygen atoms in total. The Labute approximate surface area is 108 Å². The third-order valence-electron chi connectivity index (χ3n) is 3.55. The lowest BCUT2D eigenvalue weighted by Gasteiger charge is -2.14. The van der Waals surface area contributed by atoms with Crippen LogP contribution in [0, 0.1) is 5.92 Å². The normalized spacial score (nSPS) is 20.9. The Morgan fingerprint density at radius 1 is 1.28 bits per heavy atom. The molecule has 1 N–H and O–H groups in total. The Balaban J connectivity index is 1.60. The van der Waals surface area contributed by atoms with Gasteiger partial charge in [-0.05, 0) is 38.5 Å². The Hall–Kier alpha value is -1.00. The highest BCUT2D eigenvalue weighted by Crippen LogP contribution is 2.42. The maximum atomic E-state index is 5.76. The molecule has 0 bridgehead atoms. The highest BCUT2D eigenvalue weighted by atomic mass is 16.5. The summed E-state index contributed by atoms with van der Waals surface area (Å²) >= 11 is 0. The van der Waals surface area contributed by atoms with Crippen LogP contribution >= 0.6 is 0 Å². The SMILES string of the molecule is CCOC(c1ncc(CNC2CC2)cn1)C1CC1. The summed E-state index contributed by atoms with van der Waals surface area (Å²) in [5.74, 6) is 1.50. The fourth-order valence-electron chi connectivity index (χ4n) is 2.15. The third-order valence-corrected chi connectivity index (χ3v) is 3.55. The number of nitrogens with zero attached hydrogens (tertiary/aromatic N) is 2. The van der Waals surface area contributed by atoms with E-state index in [2.05, 4.69) is 15.3 Å². The van der Waals surface area contributed by atoms with Gasteiger partial charge in [0, 0.05) is 37.2 Å². The molecule has 4 heteroatoms. The minimum absolute atomic E-state index is 0.112. The fourth-order valence-corrected chi connectivity index (χ4v) is 2.15. The molecule has 0 aliphatic heterocycles. The third kappa shape index (κ3) is 3.06. The van der Waals surface area contributed by atoms with E-state index in [1.165, 1.54) is 25.7 Å². The molecule has 1 aromatic heterocycles. The summed E-state index contributed by atoms with van der Waals surface area (Å²) in [7, 11) is 0. The zero-order chi connectivity index (χ0) is 12.4. The van der Waals surface area contributed by atoms with Gasteiger partial charge < -0.3 is 10.1 Å². The standard InChI is InChI=1S/C14H21N3O/c1-2-18-13(11-3-4-11)14-16-8-10(9-17-14)7-15-12-5-6-12/h8-9,11-13,15H,2-7H2,1H3. The lowest BCUT2D eigenvalue weighted by molar-refractivity contribution is 0.0400. The summed E-state index contributed by atoms with van der Waals surface area (Å²) in [5.41, 5.74) is 1.16. The highest BCUT2D eigenvalue weighted by Gasteiger charge is 2.34. The number of ether oxygens (including phenoxy) is 1. The van der Waals surface area contributed by atoms with Gasteiger partial charge in [0.25, 0.3) is 0 Å². The monoisotopic (exact) mass is 247 g/mol. The second kappa shape index (κ2) is 5.33. The van der Waals surface area contributed by atoms with Crippen molar-refractivity contribution in [3.05, 3.63) is 23.8 Å². The van der Waals surface area contributed by atoms with Gasteiger partial charge in [-0.15, -0.1) is 0 Å². The van der Waals surface area contributed by atoms with E-state index in [9.17, 15) is 0 Å². The first-order valence-electron chi connectivity index (χ1n) is 7.02. The van der Waals surface area contributed by atoms with E-state index in [1.807, 2.05) is 19.3 Å². The molecule has 1 atom stereocenters. The predicted octanol–water partition coefficient (Wildman–Crippen LogP) is 2.22. The van der Waals surface area contributed by atoms with E-state index in [0.29, 0.717) is 5.92 Å². The second-order valence-electron chi connectivity index (χ2n) is 5.32. The lowest BCUT2D eigenvalue weighted by atomic mass is 10.2. The molecule has 98 valence electrons. The fraction of sp³-hybridized carbons (Fsp3) is 0.714. The molecule has 18 heavy (non-hydrogen) atoms. The molecule has 2 saturated carbocycles. The molecular formula is C14H21N3O. The van der Waals surface area contributed by atoms with E-state index < -0.39 is 0 Å². The van der Waals surface area contributed by atoms with Crippen LogP contribution in [-0.4, -0.2) is 22.6 Å². The van der Waals surface area contributed by atoms with Gasteiger partial charge in [-0.25, -0.2) is 9.97 Å². The number of aromatic nitrogens is 2. The largest absolute Gasteiger partial charge is 0.370 e. The molecule has 0 spiro atoms. The summed E-state index contributed by atoms with van der Waals surface area (Å²) in [6, 6.07) is 0.729. The van der Waals surface area contributed by atoms with Crippen LogP contribution in [0.4, 0.5) is 0 Å². The molecule has 0 amide bonds. The van der Waals surface area contributed by atoms with Crippen molar-refractivity contribution in [2.45, 2.75) is 51.3 Å². The van der Waals surface area contributed by atoms with Crippen molar-refractivity contribution in [2.24, 2.45) is 5.92 Å². The van der Waals surface area contributed by atoms with Gasteiger partial charge in [0.1, 0.15) is 6.10 Å². The van der Waals surface area contributed by atoms with Crippen molar-refractivity contribution < 1.29 is 4.74 Å².